The number of ether oxygens (including phenoxy) is 2. The minimum Gasteiger partial charge on any atom is -0.490 e. The second-order valence-electron chi connectivity index (χ2n) is 5.34. The fraction of sp³-hybridized carbons (Fsp3) is 0.316. The molecule has 1 amide bonds. The summed E-state index contributed by atoms with van der Waals surface area (Å²) in [6.45, 7) is 5.18. The number of amides is 1. The SMILES string of the molecule is CCOc1ccc(CNC(=O)Cc2ccc(Cl)cc2F)cc1OCC. The van der Waals surface area contributed by atoms with E-state index < -0.39 is 5.82 Å². The molecular weight excluding hydrogens is 345 g/mol. The number of rotatable bonds is 8. The van der Waals surface area contributed by atoms with Gasteiger partial charge in [0.05, 0.1) is 19.6 Å². The van der Waals surface area contributed by atoms with E-state index in [0.29, 0.717) is 41.8 Å². The van der Waals surface area contributed by atoms with Crippen LogP contribution in [0.3, 0.4) is 0 Å². The van der Waals surface area contributed by atoms with Gasteiger partial charge >= 0.3 is 0 Å². The van der Waals surface area contributed by atoms with Crippen LogP contribution in [-0.4, -0.2) is 19.1 Å². The van der Waals surface area contributed by atoms with Crippen LogP contribution in [0.15, 0.2) is 36.4 Å². The maximum atomic E-state index is 13.7. The number of carbonyl (C=O) groups excluding carboxylic acids is 1. The van der Waals surface area contributed by atoms with Crippen molar-refractivity contribution in [2.45, 2.75) is 26.8 Å². The number of benzene rings is 2. The molecule has 0 heterocycles. The van der Waals surface area contributed by atoms with Gasteiger partial charge in [-0.15, -0.1) is 0 Å². The first-order chi connectivity index (χ1) is 12.0. The van der Waals surface area contributed by atoms with Gasteiger partial charge in [-0.25, -0.2) is 4.39 Å². The van der Waals surface area contributed by atoms with Crippen LogP contribution in [-0.2, 0) is 17.8 Å². The van der Waals surface area contributed by atoms with Gasteiger partial charge in [0.2, 0.25) is 5.91 Å². The molecule has 4 nitrogen and oxygen atoms in total. The molecule has 2 aromatic rings. The van der Waals surface area contributed by atoms with Gasteiger partial charge in [0.1, 0.15) is 5.82 Å². The number of halogens is 2. The van der Waals surface area contributed by atoms with Gasteiger partial charge in [0, 0.05) is 11.6 Å². The van der Waals surface area contributed by atoms with Crippen LogP contribution in [0, 0.1) is 5.82 Å². The molecule has 0 aliphatic rings. The minimum absolute atomic E-state index is 0.0433. The van der Waals surface area contributed by atoms with Crippen molar-refractivity contribution in [3.63, 3.8) is 0 Å². The van der Waals surface area contributed by atoms with Crippen molar-refractivity contribution in [2.75, 3.05) is 13.2 Å². The van der Waals surface area contributed by atoms with E-state index in [1.165, 1.54) is 12.1 Å². The van der Waals surface area contributed by atoms with Gasteiger partial charge in [0.25, 0.3) is 0 Å². The summed E-state index contributed by atoms with van der Waals surface area (Å²) in [5.74, 6) is 0.554. The first-order valence-corrected chi connectivity index (χ1v) is 8.50. The van der Waals surface area contributed by atoms with E-state index in [1.54, 1.807) is 6.07 Å². The molecule has 0 radical (unpaired) electrons. The maximum absolute atomic E-state index is 13.7. The van der Waals surface area contributed by atoms with E-state index in [4.69, 9.17) is 21.1 Å². The molecule has 0 unspecified atom stereocenters. The monoisotopic (exact) mass is 365 g/mol. The van der Waals surface area contributed by atoms with Crippen molar-refractivity contribution in [3.8, 4) is 11.5 Å². The summed E-state index contributed by atoms with van der Waals surface area (Å²) in [4.78, 5) is 12.0. The highest BCUT2D eigenvalue weighted by Gasteiger charge is 2.10. The molecule has 0 spiro atoms. The molecule has 0 aliphatic heterocycles. The van der Waals surface area contributed by atoms with Gasteiger partial charge in [0.15, 0.2) is 11.5 Å². The standard InChI is InChI=1S/C19H21ClFNO3/c1-3-24-17-8-5-13(9-18(17)25-4-2)12-22-19(23)10-14-6-7-15(20)11-16(14)21/h5-9,11H,3-4,10,12H2,1-2H3,(H,22,23). The predicted octanol–water partition coefficient (Wildman–Crippen LogP) is 4.14. The number of carbonyl (C=O) groups is 1. The molecule has 1 N–H and O–H groups in total. The molecule has 0 saturated heterocycles. The highest BCUT2D eigenvalue weighted by Crippen LogP contribution is 2.28. The summed E-state index contributed by atoms with van der Waals surface area (Å²) in [6.07, 6.45) is -0.0433. The summed E-state index contributed by atoms with van der Waals surface area (Å²) in [5, 5.41) is 3.08. The Morgan fingerprint density at radius 3 is 2.48 bits per heavy atom. The Bertz CT molecular complexity index is 737. The van der Waals surface area contributed by atoms with Crippen LogP contribution in [0.2, 0.25) is 5.02 Å². The van der Waals surface area contributed by atoms with E-state index in [1.807, 2.05) is 32.0 Å². The lowest BCUT2D eigenvalue weighted by Crippen LogP contribution is -2.25. The van der Waals surface area contributed by atoms with Crippen molar-refractivity contribution < 1.29 is 18.7 Å². The maximum Gasteiger partial charge on any atom is 0.224 e. The molecule has 0 atom stereocenters. The van der Waals surface area contributed by atoms with Crippen molar-refractivity contribution in [3.05, 3.63) is 58.4 Å². The number of nitrogens with one attached hydrogen (secondary N) is 1. The van der Waals surface area contributed by atoms with Crippen LogP contribution in [0.1, 0.15) is 25.0 Å². The lowest BCUT2D eigenvalue weighted by molar-refractivity contribution is -0.120. The number of hydrogen-bond donors (Lipinski definition) is 1. The van der Waals surface area contributed by atoms with Crippen molar-refractivity contribution in [2.24, 2.45) is 0 Å². The molecule has 2 rings (SSSR count). The van der Waals surface area contributed by atoms with Crippen molar-refractivity contribution in [1.29, 1.82) is 0 Å². The molecule has 0 aliphatic carbocycles. The Balaban J connectivity index is 1.97. The second kappa shape index (κ2) is 9.28. The zero-order chi connectivity index (χ0) is 18.2. The molecule has 2 aromatic carbocycles. The van der Waals surface area contributed by atoms with E-state index >= 15 is 0 Å². The fourth-order valence-electron chi connectivity index (χ4n) is 2.31. The van der Waals surface area contributed by atoms with Crippen LogP contribution in [0.4, 0.5) is 4.39 Å². The quantitative estimate of drug-likeness (QED) is 0.765. The Kier molecular flexibility index (Phi) is 7.07. The third-order valence-electron chi connectivity index (χ3n) is 3.46. The van der Waals surface area contributed by atoms with Crippen molar-refractivity contribution in [1.82, 2.24) is 5.32 Å². The molecule has 25 heavy (non-hydrogen) atoms. The van der Waals surface area contributed by atoms with E-state index in [-0.39, 0.29) is 12.3 Å². The first kappa shape index (κ1) is 19.1. The highest BCUT2D eigenvalue weighted by atomic mass is 35.5. The topological polar surface area (TPSA) is 47.6 Å². The fourth-order valence-corrected chi connectivity index (χ4v) is 2.47. The largest absolute Gasteiger partial charge is 0.490 e. The van der Waals surface area contributed by atoms with Crippen LogP contribution >= 0.6 is 11.6 Å². The molecule has 0 saturated carbocycles. The smallest absolute Gasteiger partial charge is 0.224 e. The van der Waals surface area contributed by atoms with Gasteiger partial charge < -0.3 is 14.8 Å². The third-order valence-corrected chi connectivity index (χ3v) is 3.70. The Morgan fingerprint density at radius 2 is 1.80 bits per heavy atom. The minimum atomic E-state index is -0.484. The molecule has 0 fully saturated rings. The zero-order valence-corrected chi connectivity index (χ0v) is 15.0. The average Bonchev–Trinajstić information content (AvgIpc) is 2.58. The molecular formula is C19H21ClFNO3. The first-order valence-electron chi connectivity index (χ1n) is 8.12. The van der Waals surface area contributed by atoms with Crippen LogP contribution < -0.4 is 14.8 Å². The second-order valence-corrected chi connectivity index (χ2v) is 5.77. The summed E-state index contributed by atoms with van der Waals surface area (Å²) >= 11 is 5.71. The highest BCUT2D eigenvalue weighted by molar-refractivity contribution is 6.30. The lowest BCUT2D eigenvalue weighted by atomic mass is 10.1. The molecule has 6 heteroatoms. The summed E-state index contributed by atoms with van der Waals surface area (Å²) in [5.41, 5.74) is 1.18. The van der Waals surface area contributed by atoms with Crippen molar-refractivity contribution >= 4 is 17.5 Å². The number of hydrogen-bond acceptors (Lipinski definition) is 3. The molecule has 0 aromatic heterocycles. The third kappa shape index (κ3) is 5.64. The lowest BCUT2D eigenvalue weighted by Gasteiger charge is -2.13. The normalized spacial score (nSPS) is 10.4. The van der Waals surface area contributed by atoms with Crippen LogP contribution in [0.25, 0.3) is 0 Å². The Hall–Kier alpha value is -2.27. The predicted molar refractivity (Wildman–Crippen MR) is 95.7 cm³/mol. The summed E-state index contributed by atoms with van der Waals surface area (Å²) in [7, 11) is 0. The van der Waals surface area contributed by atoms with E-state index in [0.717, 1.165) is 5.56 Å². The van der Waals surface area contributed by atoms with Gasteiger partial charge in [-0.1, -0.05) is 23.7 Å². The Labute approximate surface area is 151 Å². The summed E-state index contributed by atoms with van der Waals surface area (Å²) in [6, 6.07) is 9.78. The van der Waals surface area contributed by atoms with Gasteiger partial charge in [-0.2, -0.15) is 0 Å². The molecule has 134 valence electrons. The zero-order valence-electron chi connectivity index (χ0n) is 14.3. The summed E-state index contributed by atoms with van der Waals surface area (Å²) < 4.78 is 24.8. The molecule has 0 bridgehead atoms. The van der Waals surface area contributed by atoms with E-state index in [9.17, 15) is 9.18 Å². The van der Waals surface area contributed by atoms with Crippen LogP contribution in [0.5, 0.6) is 11.5 Å². The Morgan fingerprint density at radius 1 is 1.08 bits per heavy atom. The van der Waals surface area contributed by atoms with Gasteiger partial charge in [-0.3, -0.25) is 4.79 Å². The average molecular weight is 366 g/mol. The van der Waals surface area contributed by atoms with Gasteiger partial charge in [-0.05, 0) is 49.2 Å². The van der Waals surface area contributed by atoms with E-state index in [2.05, 4.69) is 5.32 Å².